The number of benzene rings is 1. The quantitative estimate of drug-likeness (QED) is 0.680. The molecule has 1 amide bonds. The maximum atomic E-state index is 12.5. The standard InChI is InChI=1S/C17H22N4O2/c1-5-14(11(3)4)18-19-16(22)15-12-9-7-8-10-13(12)17(23)21(6-2)20-15/h7-11H,5-6H2,1-4H3,(H,19,22)/b18-14-. The second-order valence-electron chi connectivity index (χ2n) is 5.57. The summed E-state index contributed by atoms with van der Waals surface area (Å²) in [5.74, 6) is -0.149. The van der Waals surface area contributed by atoms with E-state index >= 15 is 0 Å². The lowest BCUT2D eigenvalue weighted by atomic mass is 10.1. The van der Waals surface area contributed by atoms with Gasteiger partial charge in [0.1, 0.15) is 0 Å². The Labute approximate surface area is 135 Å². The van der Waals surface area contributed by atoms with Gasteiger partial charge < -0.3 is 0 Å². The normalized spacial score (nSPS) is 12.0. The highest BCUT2D eigenvalue weighted by Crippen LogP contribution is 2.13. The lowest BCUT2D eigenvalue weighted by molar-refractivity contribution is 0.0949. The molecule has 0 radical (unpaired) electrons. The number of aromatic nitrogens is 2. The Hall–Kier alpha value is -2.50. The summed E-state index contributed by atoms with van der Waals surface area (Å²) in [5.41, 5.74) is 3.49. The number of rotatable bonds is 5. The Bertz CT molecular complexity index is 806. The minimum atomic E-state index is -0.407. The van der Waals surface area contributed by atoms with Crippen LogP contribution in [0.5, 0.6) is 0 Å². The van der Waals surface area contributed by atoms with E-state index in [1.54, 1.807) is 24.3 Å². The number of carbonyl (C=O) groups is 1. The molecule has 122 valence electrons. The molecule has 1 aromatic heterocycles. The molecule has 2 rings (SSSR count). The van der Waals surface area contributed by atoms with E-state index < -0.39 is 5.91 Å². The fraction of sp³-hybridized carbons (Fsp3) is 0.412. The average Bonchev–Trinajstić information content (AvgIpc) is 2.55. The average molecular weight is 314 g/mol. The summed E-state index contributed by atoms with van der Waals surface area (Å²) in [5, 5.41) is 9.41. The van der Waals surface area contributed by atoms with Crippen LogP contribution in [0.15, 0.2) is 34.2 Å². The van der Waals surface area contributed by atoms with E-state index in [-0.39, 0.29) is 17.2 Å². The molecule has 0 saturated heterocycles. The highest BCUT2D eigenvalue weighted by molar-refractivity contribution is 6.05. The third-order valence-electron chi connectivity index (χ3n) is 3.71. The summed E-state index contributed by atoms with van der Waals surface area (Å²) in [7, 11) is 0. The molecule has 1 N–H and O–H groups in total. The third kappa shape index (κ3) is 3.47. The first-order valence-corrected chi connectivity index (χ1v) is 7.86. The molecule has 0 aliphatic heterocycles. The monoisotopic (exact) mass is 314 g/mol. The van der Waals surface area contributed by atoms with Crippen LogP contribution in [-0.2, 0) is 6.54 Å². The smallest absolute Gasteiger partial charge is 0.267 e. The number of fused-ring (bicyclic) bond motifs is 1. The van der Waals surface area contributed by atoms with Gasteiger partial charge in [0.25, 0.3) is 11.5 Å². The van der Waals surface area contributed by atoms with Gasteiger partial charge in [-0.3, -0.25) is 9.59 Å². The summed E-state index contributed by atoms with van der Waals surface area (Å²) in [6.07, 6.45) is 0.764. The second kappa shape index (κ2) is 7.17. The van der Waals surface area contributed by atoms with Crippen LogP contribution >= 0.6 is 0 Å². The molecule has 0 spiro atoms. The maximum absolute atomic E-state index is 12.5. The van der Waals surface area contributed by atoms with Crippen molar-refractivity contribution in [2.24, 2.45) is 11.0 Å². The van der Waals surface area contributed by atoms with Crippen LogP contribution in [0.1, 0.15) is 44.6 Å². The van der Waals surface area contributed by atoms with Gasteiger partial charge in [-0.05, 0) is 25.3 Å². The zero-order valence-electron chi connectivity index (χ0n) is 14.0. The molecule has 6 nitrogen and oxygen atoms in total. The summed E-state index contributed by atoms with van der Waals surface area (Å²) >= 11 is 0. The zero-order valence-corrected chi connectivity index (χ0v) is 14.0. The molecule has 0 fully saturated rings. The topological polar surface area (TPSA) is 76.3 Å². The first-order valence-electron chi connectivity index (χ1n) is 7.86. The highest BCUT2D eigenvalue weighted by atomic mass is 16.2. The predicted octanol–water partition coefficient (Wildman–Crippen LogP) is 2.57. The van der Waals surface area contributed by atoms with Crippen molar-refractivity contribution < 1.29 is 4.79 Å². The molecule has 0 aliphatic carbocycles. The van der Waals surface area contributed by atoms with Gasteiger partial charge in [-0.15, -0.1) is 0 Å². The summed E-state index contributed by atoms with van der Waals surface area (Å²) in [6.45, 7) is 8.27. The molecule has 0 unspecified atom stereocenters. The number of hydrogen-bond donors (Lipinski definition) is 1. The second-order valence-corrected chi connectivity index (χ2v) is 5.57. The Morgan fingerprint density at radius 2 is 1.91 bits per heavy atom. The molecule has 1 aromatic carbocycles. The largest absolute Gasteiger partial charge is 0.292 e. The minimum absolute atomic E-state index is 0.195. The lowest BCUT2D eigenvalue weighted by Crippen LogP contribution is -2.29. The fourth-order valence-corrected chi connectivity index (χ4v) is 2.41. The molecule has 0 aliphatic rings. The molecule has 0 bridgehead atoms. The first kappa shape index (κ1) is 16.9. The van der Waals surface area contributed by atoms with Crippen LogP contribution in [-0.4, -0.2) is 21.4 Å². The van der Waals surface area contributed by atoms with E-state index in [0.717, 1.165) is 12.1 Å². The van der Waals surface area contributed by atoms with Gasteiger partial charge in [0.15, 0.2) is 5.69 Å². The molecule has 0 atom stereocenters. The molecular formula is C17H22N4O2. The number of nitrogens with zero attached hydrogens (tertiary/aromatic N) is 3. The number of amides is 1. The van der Waals surface area contributed by atoms with Crippen LogP contribution in [0.4, 0.5) is 0 Å². The van der Waals surface area contributed by atoms with Crippen molar-refractivity contribution in [2.75, 3.05) is 0 Å². The van der Waals surface area contributed by atoms with Crippen LogP contribution in [0.25, 0.3) is 10.8 Å². The van der Waals surface area contributed by atoms with E-state index in [1.165, 1.54) is 4.68 Å². The van der Waals surface area contributed by atoms with E-state index in [2.05, 4.69) is 15.6 Å². The van der Waals surface area contributed by atoms with Gasteiger partial charge in [0.2, 0.25) is 0 Å². The van der Waals surface area contributed by atoms with Crippen LogP contribution < -0.4 is 11.0 Å². The Morgan fingerprint density at radius 3 is 2.48 bits per heavy atom. The lowest BCUT2D eigenvalue weighted by Gasteiger charge is -2.10. The van der Waals surface area contributed by atoms with Gasteiger partial charge >= 0.3 is 0 Å². The third-order valence-corrected chi connectivity index (χ3v) is 3.71. The molecule has 0 saturated carbocycles. The predicted molar refractivity (Wildman–Crippen MR) is 91.7 cm³/mol. The fourth-order valence-electron chi connectivity index (χ4n) is 2.41. The number of nitrogens with one attached hydrogen (secondary N) is 1. The SMILES string of the molecule is CC/C(=N/NC(=O)c1nn(CC)c(=O)c2ccccc12)C(C)C. The summed E-state index contributed by atoms with van der Waals surface area (Å²) in [4.78, 5) is 24.8. The zero-order chi connectivity index (χ0) is 17.0. The van der Waals surface area contributed by atoms with Crippen molar-refractivity contribution in [3.05, 3.63) is 40.3 Å². The van der Waals surface area contributed by atoms with Crippen molar-refractivity contribution in [3.63, 3.8) is 0 Å². The summed E-state index contributed by atoms with van der Waals surface area (Å²) < 4.78 is 1.30. The van der Waals surface area contributed by atoms with Gasteiger partial charge in [-0.25, -0.2) is 10.1 Å². The van der Waals surface area contributed by atoms with Crippen molar-refractivity contribution in [1.29, 1.82) is 0 Å². The van der Waals surface area contributed by atoms with Gasteiger partial charge in [0, 0.05) is 17.6 Å². The van der Waals surface area contributed by atoms with Crippen LogP contribution in [0, 0.1) is 5.92 Å². The summed E-state index contributed by atoms with van der Waals surface area (Å²) in [6, 6.07) is 6.99. The molecule has 6 heteroatoms. The van der Waals surface area contributed by atoms with E-state index in [4.69, 9.17) is 0 Å². The first-order chi connectivity index (χ1) is 11.0. The van der Waals surface area contributed by atoms with Crippen molar-refractivity contribution in [1.82, 2.24) is 15.2 Å². The number of aryl methyl sites for hydroxylation is 1. The van der Waals surface area contributed by atoms with Gasteiger partial charge in [-0.1, -0.05) is 39.0 Å². The number of carbonyl (C=O) groups excluding carboxylic acids is 1. The van der Waals surface area contributed by atoms with Gasteiger partial charge in [0.05, 0.1) is 5.39 Å². The maximum Gasteiger partial charge on any atom is 0.292 e. The number of hydrazone groups is 1. The molecule has 1 heterocycles. The molecule has 23 heavy (non-hydrogen) atoms. The Kier molecular flexibility index (Phi) is 5.26. The van der Waals surface area contributed by atoms with E-state index in [1.807, 2.05) is 27.7 Å². The van der Waals surface area contributed by atoms with Crippen LogP contribution in [0.3, 0.4) is 0 Å². The van der Waals surface area contributed by atoms with Crippen molar-refractivity contribution in [2.45, 2.75) is 40.7 Å². The minimum Gasteiger partial charge on any atom is -0.267 e. The van der Waals surface area contributed by atoms with Crippen molar-refractivity contribution in [3.8, 4) is 0 Å². The van der Waals surface area contributed by atoms with E-state index in [9.17, 15) is 9.59 Å². The van der Waals surface area contributed by atoms with Gasteiger partial charge in [-0.2, -0.15) is 10.2 Å². The Morgan fingerprint density at radius 1 is 1.26 bits per heavy atom. The Balaban J connectivity index is 2.49. The highest BCUT2D eigenvalue weighted by Gasteiger charge is 2.16. The molecular weight excluding hydrogens is 292 g/mol. The van der Waals surface area contributed by atoms with E-state index in [0.29, 0.717) is 17.3 Å². The van der Waals surface area contributed by atoms with Crippen molar-refractivity contribution >= 4 is 22.4 Å². The van der Waals surface area contributed by atoms with Crippen LogP contribution in [0.2, 0.25) is 0 Å². The number of hydrogen-bond acceptors (Lipinski definition) is 4. The molecule has 2 aromatic rings.